The molecule has 0 bridgehead atoms. The number of fused-ring (bicyclic) bond motifs is 1. The number of allylic oxidation sites excluding steroid dienone is 3. The van der Waals surface area contributed by atoms with Gasteiger partial charge in [0.2, 0.25) is 11.7 Å². The topological polar surface area (TPSA) is 124 Å². The molecule has 1 N–H and O–H groups in total. The first kappa shape index (κ1) is 16.5. The summed E-state index contributed by atoms with van der Waals surface area (Å²) in [4.78, 5) is 37.5. The fourth-order valence-corrected chi connectivity index (χ4v) is 2.55. The lowest BCUT2D eigenvalue weighted by molar-refractivity contribution is -0.402. The van der Waals surface area contributed by atoms with E-state index in [2.05, 4.69) is 10.3 Å². The first-order valence-electron chi connectivity index (χ1n) is 7.25. The Hall–Kier alpha value is -3.33. The second-order valence-electron chi connectivity index (χ2n) is 5.31. The third-order valence-corrected chi connectivity index (χ3v) is 3.61. The third kappa shape index (κ3) is 3.45. The molecule has 0 saturated heterocycles. The van der Waals surface area contributed by atoms with Gasteiger partial charge in [0.05, 0.1) is 18.4 Å². The average Bonchev–Trinajstić information content (AvgIpc) is 3.05. The minimum atomic E-state index is -0.752. The normalized spacial score (nSPS) is 20.6. The monoisotopic (exact) mass is 343 g/mol. The Morgan fingerprint density at radius 3 is 2.92 bits per heavy atom. The Morgan fingerprint density at radius 1 is 1.44 bits per heavy atom. The number of nitro groups is 1. The number of hydrogen-bond acceptors (Lipinski definition) is 6. The van der Waals surface area contributed by atoms with Crippen LogP contribution < -0.4 is 5.32 Å². The quantitative estimate of drug-likeness (QED) is 0.653. The van der Waals surface area contributed by atoms with E-state index in [1.165, 1.54) is 19.3 Å². The van der Waals surface area contributed by atoms with Crippen LogP contribution in [0.1, 0.15) is 10.6 Å². The van der Waals surface area contributed by atoms with E-state index in [9.17, 15) is 19.7 Å². The summed E-state index contributed by atoms with van der Waals surface area (Å²) in [5.74, 6) is -1.96. The minimum absolute atomic E-state index is 0.156. The summed E-state index contributed by atoms with van der Waals surface area (Å²) in [5, 5.41) is 13.3. The molecule has 9 nitrogen and oxygen atoms in total. The van der Waals surface area contributed by atoms with Crippen molar-refractivity contribution in [3.8, 4) is 0 Å². The molecule has 25 heavy (non-hydrogen) atoms. The van der Waals surface area contributed by atoms with Gasteiger partial charge in [0.25, 0.3) is 0 Å². The zero-order chi connectivity index (χ0) is 18.0. The second kappa shape index (κ2) is 6.65. The highest BCUT2D eigenvalue weighted by Crippen LogP contribution is 2.27. The van der Waals surface area contributed by atoms with E-state index < -0.39 is 16.7 Å². The molecule has 9 heteroatoms. The molecule has 2 heterocycles. The summed E-state index contributed by atoms with van der Waals surface area (Å²) in [6, 6.07) is 2.27. The maximum Gasteiger partial charge on any atom is 0.433 e. The lowest BCUT2D eigenvalue weighted by Crippen LogP contribution is -2.34. The molecule has 1 unspecified atom stereocenters. The van der Waals surface area contributed by atoms with E-state index in [1.54, 1.807) is 18.2 Å². The molecule has 1 aliphatic carbocycles. The van der Waals surface area contributed by atoms with E-state index in [1.807, 2.05) is 0 Å². The largest absolute Gasteiger partial charge is 0.433 e. The number of amides is 2. The van der Waals surface area contributed by atoms with Gasteiger partial charge < -0.3 is 14.5 Å². The number of carbonyl (C=O) groups is 2. The molecule has 1 aliphatic heterocycles. The van der Waals surface area contributed by atoms with Crippen LogP contribution in [0.5, 0.6) is 0 Å². The van der Waals surface area contributed by atoms with Crippen LogP contribution in [0.2, 0.25) is 0 Å². The van der Waals surface area contributed by atoms with Crippen LogP contribution in [0.4, 0.5) is 5.88 Å². The average molecular weight is 343 g/mol. The molecule has 128 valence electrons. The molecule has 1 aromatic rings. The number of nitrogens with zero attached hydrogens (tertiary/aromatic N) is 2. The summed E-state index contributed by atoms with van der Waals surface area (Å²) in [7, 11) is 1.54. The number of nitrogens with one attached hydrogen (secondary N) is 1. The Kier molecular flexibility index (Phi) is 4.40. The van der Waals surface area contributed by atoms with Gasteiger partial charge in [-0.05, 0) is 23.8 Å². The van der Waals surface area contributed by atoms with E-state index in [0.29, 0.717) is 18.0 Å². The number of hydrogen-bond donors (Lipinski definition) is 1. The van der Waals surface area contributed by atoms with Crippen LogP contribution in [-0.2, 0) is 9.53 Å². The van der Waals surface area contributed by atoms with Gasteiger partial charge in [-0.2, -0.15) is 0 Å². The van der Waals surface area contributed by atoms with Gasteiger partial charge in [0.15, 0.2) is 0 Å². The second-order valence-corrected chi connectivity index (χ2v) is 5.31. The highest BCUT2D eigenvalue weighted by Gasteiger charge is 2.26. The van der Waals surface area contributed by atoms with E-state index in [0.717, 1.165) is 11.6 Å². The lowest BCUT2D eigenvalue weighted by atomic mass is 9.88. The SMILES string of the molecule is COCC1=CC(=O)NC2=CC(=NC(=O)c3ccc([N+](=O)[O-])o3)C=CC12. The van der Waals surface area contributed by atoms with Crippen molar-refractivity contribution in [3.05, 3.63) is 63.6 Å². The van der Waals surface area contributed by atoms with E-state index >= 15 is 0 Å². The zero-order valence-corrected chi connectivity index (χ0v) is 13.1. The van der Waals surface area contributed by atoms with Crippen LogP contribution in [0.3, 0.4) is 0 Å². The molecule has 0 saturated carbocycles. The van der Waals surface area contributed by atoms with Crippen LogP contribution in [0.15, 0.2) is 57.1 Å². The van der Waals surface area contributed by atoms with Crippen molar-refractivity contribution >= 4 is 23.4 Å². The van der Waals surface area contributed by atoms with Crippen molar-refractivity contribution in [2.45, 2.75) is 0 Å². The van der Waals surface area contributed by atoms with Gasteiger partial charge in [-0.1, -0.05) is 6.08 Å². The zero-order valence-electron chi connectivity index (χ0n) is 13.1. The molecule has 0 fully saturated rings. The third-order valence-electron chi connectivity index (χ3n) is 3.61. The number of carbonyl (C=O) groups excluding carboxylic acids is 2. The molecule has 2 amide bonds. The number of methoxy groups -OCH3 is 1. The molecule has 1 atom stereocenters. The Balaban J connectivity index is 1.83. The first-order valence-corrected chi connectivity index (χ1v) is 7.25. The number of aliphatic imine (C=N–C) groups is 1. The summed E-state index contributed by atoms with van der Waals surface area (Å²) in [5.41, 5.74) is 1.68. The lowest BCUT2D eigenvalue weighted by Gasteiger charge is -2.27. The molecule has 0 spiro atoms. The van der Waals surface area contributed by atoms with Crippen molar-refractivity contribution in [2.75, 3.05) is 13.7 Å². The van der Waals surface area contributed by atoms with Crippen molar-refractivity contribution in [3.63, 3.8) is 0 Å². The summed E-state index contributed by atoms with van der Waals surface area (Å²) in [6.07, 6.45) is 6.46. The summed E-state index contributed by atoms with van der Waals surface area (Å²) in [6.45, 7) is 0.307. The molecular weight excluding hydrogens is 330 g/mol. The minimum Gasteiger partial charge on any atom is -0.395 e. The summed E-state index contributed by atoms with van der Waals surface area (Å²) < 4.78 is 9.91. The van der Waals surface area contributed by atoms with Crippen LogP contribution in [0.25, 0.3) is 0 Å². The highest BCUT2D eigenvalue weighted by molar-refractivity contribution is 6.13. The molecule has 1 aromatic heterocycles. The van der Waals surface area contributed by atoms with Crippen molar-refractivity contribution < 1.29 is 23.7 Å². The highest BCUT2D eigenvalue weighted by atomic mass is 16.6. The Morgan fingerprint density at radius 2 is 2.24 bits per heavy atom. The van der Waals surface area contributed by atoms with Crippen LogP contribution >= 0.6 is 0 Å². The standard InChI is InChI=1S/C16H13N3O6/c1-24-8-9-6-14(20)18-12-7-10(2-3-11(9)12)17-16(21)13-4-5-15(25-13)19(22)23/h2-7,11H,8H2,1H3,(H,18,20). The van der Waals surface area contributed by atoms with Gasteiger partial charge in [0.1, 0.15) is 4.92 Å². The van der Waals surface area contributed by atoms with Gasteiger partial charge in [-0.25, -0.2) is 4.99 Å². The fourth-order valence-electron chi connectivity index (χ4n) is 2.55. The number of rotatable bonds is 4. The van der Waals surface area contributed by atoms with Gasteiger partial charge in [0, 0.05) is 24.8 Å². The first-order chi connectivity index (χ1) is 12.0. The Labute approximate surface area is 141 Å². The van der Waals surface area contributed by atoms with Crippen LogP contribution in [0, 0.1) is 16.0 Å². The van der Waals surface area contributed by atoms with Gasteiger partial charge in [-0.3, -0.25) is 19.7 Å². The van der Waals surface area contributed by atoms with Crippen molar-refractivity contribution in [1.82, 2.24) is 5.32 Å². The maximum absolute atomic E-state index is 12.1. The number of furan rings is 1. The molecule has 2 aliphatic rings. The molecular formula is C16H13N3O6. The molecule has 0 aromatic carbocycles. The van der Waals surface area contributed by atoms with E-state index in [-0.39, 0.29) is 17.6 Å². The maximum atomic E-state index is 12.1. The predicted molar refractivity (Wildman–Crippen MR) is 85.9 cm³/mol. The fraction of sp³-hybridized carbons (Fsp3) is 0.188. The van der Waals surface area contributed by atoms with E-state index in [4.69, 9.17) is 9.15 Å². The number of ether oxygens (including phenoxy) is 1. The van der Waals surface area contributed by atoms with Gasteiger partial charge in [-0.15, -0.1) is 0 Å². The van der Waals surface area contributed by atoms with Crippen molar-refractivity contribution in [1.29, 1.82) is 0 Å². The predicted octanol–water partition coefficient (Wildman–Crippen LogP) is 1.54. The van der Waals surface area contributed by atoms with Crippen molar-refractivity contribution in [2.24, 2.45) is 10.9 Å². The Bertz CT molecular complexity index is 874. The van der Waals surface area contributed by atoms with Gasteiger partial charge >= 0.3 is 11.8 Å². The molecule has 0 radical (unpaired) electrons. The van der Waals surface area contributed by atoms with Crippen LogP contribution in [-0.4, -0.2) is 36.2 Å². The summed E-state index contributed by atoms with van der Waals surface area (Å²) >= 11 is 0. The molecule has 3 rings (SSSR count). The smallest absolute Gasteiger partial charge is 0.395 e.